The number of benzene rings is 2. The zero-order valence-corrected chi connectivity index (χ0v) is 14.4. The van der Waals surface area contributed by atoms with Crippen LogP contribution in [0.4, 0.5) is 22.0 Å². The number of hydrogen-bond acceptors (Lipinski definition) is 4. The fraction of sp³-hybridized carbons (Fsp3) is 0.105. The van der Waals surface area contributed by atoms with Gasteiger partial charge in [-0.1, -0.05) is 6.08 Å². The summed E-state index contributed by atoms with van der Waals surface area (Å²) >= 11 is 0. The van der Waals surface area contributed by atoms with Crippen LogP contribution in [0.25, 0.3) is 0 Å². The molecule has 5 nitrogen and oxygen atoms in total. The molecule has 3 rings (SSSR count). The molecule has 0 saturated carbocycles. The number of carbonyl (C=O) groups is 3. The Morgan fingerprint density at radius 2 is 1.48 bits per heavy atom. The van der Waals surface area contributed by atoms with Crippen LogP contribution < -0.4 is 0 Å². The van der Waals surface area contributed by atoms with E-state index in [1.54, 1.807) is 0 Å². The number of imide groups is 1. The second-order valence-corrected chi connectivity index (χ2v) is 5.89. The third-order valence-electron chi connectivity index (χ3n) is 4.17. The molecule has 0 fully saturated rings. The quantitative estimate of drug-likeness (QED) is 0.189. The third kappa shape index (κ3) is 3.26. The van der Waals surface area contributed by atoms with Gasteiger partial charge in [0.1, 0.15) is 6.61 Å². The van der Waals surface area contributed by atoms with Gasteiger partial charge < -0.3 is 4.74 Å². The fourth-order valence-corrected chi connectivity index (χ4v) is 2.71. The van der Waals surface area contributed by atoms with E-state index >= 15 is 0 Å². The molecule has 29 heavy (non-hydrogen) atoms. The standard InChI is InChI=1S/C19H10F5NO4/c1-2-5-25-17(26)9-4-3-8(6-10(9)18(25)27)19(28)29-7-11-12(20)14(22)16(24)15(23)13(11)21/h2-4,6H,1,5,7H2. The molecule has 0 bridgehead atoms. The van der Waals surface area contributed by atoms with E-state index in [1.807, 2.05) is 0 Å². The molecule has 1 aliphatic heterocycles. The Labute approximate surface area is 160 Å². The van der Waals surface area contributed by atoms with Crippen LogP contribution in [0.15, 0.2) is 30.9 Å². The Morgan fingerprint density at radius 1 is 0.931 bits per heavy atom. The van der Waals surface area contributed by atoms with Crippen LogP contribution in [0.2, 0.25) is 0 Å². The number of hydrogen-bond donors (Lipinski definition) is 0. The highest BCUT2D eigenvalue weighted by Gasteiger charge is 2.35. The lowest BCUT2D eigenvalue weighted by atomic mass is 10.1. The zero-order valence-electron chi connectivity index (χ0n) is 14.4. The summed E-state index contributed by atoms with van der Waals surface area (Å²) in [6, 6.07) is 3.36. The van der Waals surface area contributed by atoms with Gasteiger partial charge in [0.25, 0.3) is 11.8 Å². The van der Waals surface area contributed by atoms with Crippen LogP contribution in [0.5, 0.6) is 0 Å². The highest BCUT2D eigenvalue weighted by atomic mass is 19.2. The molecule has 0 aromatic heterocycles. The van der Waals surface area contributed by atoms with Crippen molar-refractivity contribution in [3.63, 3.8) is 0 Å². The SMILES string of the molecule is C=CCN1C(=O)c2ccc(C(=O)OCc3c(F)c(F)c(F)c(F)c3F)cc2C1=O. The molecule has 2 amide bonds. The van der Waals surface area contributed by atoms with E-state index in [0.29, 0.717) is 0 Å². The Hall–Kier alpha value is -3.56. The van der Waals surface area contributed by atoms with Gasteiger partial charge in [-0.15, -0.1) is 6.58 Å². The van der Waals surface area contributed by atoms with Gasteiger partial charge in [-0.25, -0.2) is 26.7 Å². The minimum Gasteiger partial charge on any atom is -0.457 e. The monoisotopic (exact) mass is 411 g/mol. The minimum atomic E-state index is -2.33. The summed E-state index contributed by atoms with van der Waals surface area (Å²) < 4.78 is 71.3. The van der Waals surface area contributed by atoms with E-state index in [-0.39, 0.29) is 23.2 Å². The first-order valence-corrected chi connectivity index (χ1v) is 7.97. The summed E-state index contributed by atoms with van der Waals surface area (Å²) in [6.07, 6.45) is 1.33. The normalized spacial score (nSPS) is 12.9. The van der Waals surface area contributed by atoms with Crippen molar-refractivity contribution in [1.29, 1.82) is 0 Å². The lowest BCUT2D eigenvalue weighted by molar-refractivity contribution is 0.0461. The van der Waals surface area contributed by atoms with E-state index in [9.17, 15) is 36.3 Å². The van der Waals surface area contributed by atoms with Crippen molar-refractivity contribution in [2.24, 2.45) is 0 Å². The summed E-state index contributed by atoms with van der Waals surface area (Å²) in [5.41, 5.74) is -1.63. The average molecular weight is 411 g/mol. The number of nitrogens with zero attached hydrogens (tertiary/aromatic N) is 1. The van der Waals surface area contributed by atoms with Gasteiger partial charge in [-0.3, -0.25) is 14.5 Å². The van der Waals surface area contributed by atoms with Crippen LogP contribution in [0.1, 0.15) is 36.6 Å². The summed E-state index contributed by atoms with van der Waals surface area (Å²) in [5, 5.41) is 0. The number of carbonyl (C=O) groups excluding carboxylic acids is 3. The summed E-state index contributed by atoms with van der Waals surface area (Å²) in [5.74, 6) is -13.4. The first kappa shape index (κ1) is 20.2. The largest absolute Gasteiger partial charge is 0.457 e. The number of halogens is 5. The van der Waals surface area contributed by atoms with Crippen LogP contribution in [0, 0.1) is 29.1 Å². The number of esters is 1. The molecule has 0 atom stereocenters. The zero-order chi connectivity index (χ0) is 21.5. The van der Waals surface area contributed by atoms with Crippen molar-refractivity contribution in [2.75, 3.05) is 6.54 Å². The maximum absolute atomic E-state index is 13.6. The topological polar surface area (TPSA) is 63.7 Å². The fourth-order valence-electron chi connectivity index (χ4n) is 2.71. The lowest BCUT2D eigenvalue weighted by Gasteiger charge is -2.10. The minimum absolute atomic E-state index is 0.0353. The molecule has 2 aromatic rings. The second-order valence-electron chi connectivity index (χ2n) is 5.89. The Balaban J connectivity index is 1.84. The van der Waals surface area contributed by atoms with E-state index < -0.39 is 59.0 Å². The molecular weight excluding hydrogens is 401 g/mol. The first-order chi connectivity index (χ1) is 13.7. The van der Waals surface area contributed by atoms with Crippen LogP contribution in [-0.2, 0) is 11.3 Å². The first-order valence-electron chi connectivity index (χ1n) is 7.97. The van der Waals surface area contributed by atoms with Gasteiger partial charge in [0.2, 0.25) is 5.82 Å². The molecule has 0 unspecified atom stereocenters. The maximum atomic E-state index is 13.6. The Bertz CT molecular complexity index is 1050. The molecule has 0 aliphatic carbocycles. The van der Waals surface area contributed by atoms with E-state index in [2.05, 4.69) is 11.3 Å². The van der Waals surface area contributed by atoms with E-state index in [0.717, 1.165) is 17.0 Å². The Kier molecular flexibility index (Phi) is 5.19. The lowest BCUT2D eigenvalue weighted by Crippen LogP contribution is -2.29. The van der Waals surface area contributed by atoms with E-state index in [4.69, 9.17) is 0 Å². The van der Waals surface area contributed by atoms with Crippen LogP contribution >= 0.6 is 0 Å². The predicted octanol–water partition coefficient (Wildman–Crippen LogP) is 3.52. The maximum Gasteiger partial charge on any atom is 0.338 e. The molecule has 10 heteroatoms. The molecule has 0 spiro atoms. The third-order valence-corrected chi connectivity index (χ3v) is 4.17. The number of fused-ring (bicyclic) bond motifs is 1. The van der Waals surface area contributed by atoms with E-state index in [1.165, 1.54) is 12.1 Å². The summed E-state index contributed by atoms with van der Waals surface area (Å²) in [7, 11) is 0. The average Bonchev–Trinajstić information content (AvgIpc) is 2.95. The van der Waals surface area contributed by atoms with Crippen LogP contribution in [0.3, 0.4) is 0 Å². The summed E-state index contributed by atoms with van der Waals surface area (Å²) in [6.45, 7) is 2.14. The molecule has 150 valence electrons. The van der Waals surface area contributed by atoms with Crippen molar-refractivity contribution < 1.29 is 41.1 Å². The van der Waals surface area contributed by atoms with Gasteiger partial charge in [-0.2, -0.15) is 0 Å². The molecule has 1 heterocycles. The van der Waals surface area contributed by atoms with Crippen molar-refractivity contribution in [2.45, 2.75) is 6.61 Å². The molecular formula is C19H10F5NO4. The molecule has 0 saturated heterocycles. The van der Waals surface area contributed by atoms with Crippen molar-refractivity contribution in [1.82, 2.24) is 4.90 Å². The molecule has 1 aliphatic rings. The number of ether oxygens (including phenoxy) is 1. The number of rotatable bonds is 5. The van der Waals surface area contributed by atoms with Gasteiger partial charge in [-0.05, 0) is 18.2 Å². The highest BCUT2D eigenvalue weighted by molar-refractivity contribution is 6.22. The highest BCUT2D eigenvalue weighted by Crippen LogP contribution is 2.26. The second kappa shape index (κ2) is 7.46. The van der Waals surface area contributed by atoms with Gasteiger partial charge >= 0.3 is 5.97 Å². The van der Waals surface area contributed by atoms with Crippen molar-refractivity contribution >= 4 is 17.8 Å². The number of amides is 2. The molecule has 0 N–H and O–H groups in total. The Morgan fingerprint density at radius 3 is 2.07 bits per heavy atom. The van der Waals surface area contributed by atoms with Gasteiger partial charge in [0.05, 0.1) is 22.3 Å². The smallest absolute Gasteiger partial charge is 0.338 e. The predicted molar refractivity (Wildman–Crippen MR) is 87.4 cm³/mol. The van der Waals surface area contributed by atoms with Gasteiger partial charge in [0.15, 0.2) is 23.3 Å². The molecule has 0 radical (unpaired) electrons. The summed E-state index contributed by atoms with van der Waals surface area (Å²) in [4.78, 5) is 37.4. The van der Waals surface area contributed by atoms with Crippen molar-refractivity contribution in [3.8, 4) is 0 Å². The van der Waals surface area contributed by atoms with Gasteiger partial charge in [0, 0.05) is 6.54 Å². The van der Waals surface area contributed by atoms with Crippen molar-refractivity contribution in [3.05, 3.63) is 82.2 Å². The molecule has 2 aromatic carbocycles. The van der Waals surface area contributed by atoms with Crippen LogP contribution in [-0.4, -0.2) is 29.2 Å².